The summed E-state index contributed by atoms with van der Waals surface area (Å²) in [5.74, 6) is -0.912. The molecule has 2 aromatic carbocycles. The van der Waals surface area contributed by atoms with Crippen molar-refractivity contribution in [2.75, 3.05) is 11.9 Å². The monoisotopic (exact) mass is 396 g/mol. The van der Waals surface area contributed by atoms with Gasteiger partial charge in [-0.15, -0.1) is 0 Å². The van der Waals surface area contributed by atoms with E-state index in [1.54, 1.807) is 24.1 Å². The number of carboxylic acids is 1. The molecule has 0 saturated carbocycles. The van der Waals surface area contributed by atoms with E-state index in [-0.39, 0.29) is 18.4 Å². The van der Waals surface area contributed by atoms with E-state index in [0.717, 1.165) is 27.8 Å². The molecule has 144 valence electrons. The number of halogens is 1. The van der Waals surface area contributed by atoms with Gasteiger partial charge in [-0.25, -0.2) is 0 Å². The largest absolute Gasteiger partial charge is 0.480 e. The molecular weight excluding hydrogens is 376 g/mol. The van der Waals surface area contributed by atoms with E-state index in [0.29, 0.717) is 24.3 Å². The average Bonchev–Trinajstić information content (AvgIpc) is 3.00. The van der Waals surface area contributed by atoms with Crippen LogP contribution in [0.2, 0.25) is 5.02 Å². The number of nitrogens with zero attached hydrogens (tertiary/aromatic N) is 2. The number of hydrogen-bond donors (Lipinski definition) is 1. The van der Waals surface area contributed by atoms with Crippen LogP contribution in [0.15, 0.2) is 48.5 Å². The third-order valence-corrected chi connectivity index (χ3v) is 5.81. The van der Waals surface area contributed by atoms with Gasteiger partial charge in [0.2, 0.25) is 5.91 Å². The molecule has 0 bridgehead atoms. The van der Waals surface area contributed by atoms with Gasteiger partial charge < -0.3 is 14.6 Å². The van der Waals surface area contributed by atoms with Gasteiger partial charge in [0.05, 0.1) is 0 Å². The SMILES string of the molecule is CN(C(=O)[C@@H]1CCc2c(c3ccccc3n2CC(=O)O)C1)c1ccc(Cl)cc1. The second-order valence-corrected chi connectivity index (χ2v) is 7.67. The molecule has 1 N–H and O–H groups in total. The van der Waals surface area contributed by atoms with Crippen molar-refractivity contribution in [1.82, 2.24) is 4.57 Å². The molecule has 1 aliphatic rings. The number of aromatic nitrogens is 1. The number of rotatable bonds is 4. The van der Waals surface area contributed by atoms with Crippen LogP contribution in [0.5, 0.6) is 0 Å². The summed E-state index contributed by atoms with van der Waals surface area (Å²) in [6.07, 6.45) is 2.03. The molecule has 1 heterocycles. The molecule has 0 unspecified atom stereocenters. The summed E-state index contributed by atoms with van der Waals surface area (Å²) in [4.78, 5) is 26.1. The van der Waals surface area contributed by atoms with Crippen LogP contribution in [0.4, 0.5) is 5.69 Å². The fraction of sp³-hybridized carbons (Fsp3) is 0.273. The van der Waals surface area contributed by atoms with Gasteiger partial charge in [-0.05, 0) is 55.2 Å². The summed E-state index contributed by atoms with van der Waals surface area (Å²) in [7, 11) is 1.79. The molecule has 0 radical (unpaired) electrons. The van der Waals surface area contributed by atoms with Crippen LogP contribution < -0.4 is 4.90 Å². The minimum absolute atomic E-state index is 0.0564. The molecule has 5 nitrogen and oxygen atoms in total. The van der Waals surface area contributed by atoms with E-state index in [9.17, 15) is 14.7 Å². The average molecular weight is 397 g/mol. The normalized spacial score (nSPS) is 16.0. The molecule has 1 atom stereocenters. The second-order valence-electron chi connectivity index (χ2n) is 7.24. The lowest BCUT2D eigenvalue weighted by Crippen LogP contribution is -2.36. The van der Waals surface area contributed by atoms with E-state index < -0.39 is 5.97 Å². The number of benzene rings is 2. The summed E-state index contributed by atoms with van der Waals surface area (Å²) in [6.45, 7) is -0.0564. The van der Waals surface area contributed by atoms with Gasteiger partial charge in [-0.3, -0.25) is 9.59 Å². The van der Waals surface area contributed by atoms with Crippen LogP contribution in [0.3, 0.4) is 0 Å². The number of amides is 1. The summed E-state index contributed by atoms with van der Waals surface area (Å²) in [5.41, 5.74) is 3.88. The molecular formula is C22H21ClN2O3. The Morgan fingerprint density at radius 3 is 2.61 bits per heavy atom. The van der Waals surface area contributed by atoms with E-state index in [1.807, 2.05) is 41.0 Å². The van der Waals surface area contributed by atoms with Crippen molar-refractivity contribution < 1.29 is 14.7 Å². The molecule has 3 aromatic rings. The lowest BCUT2D eigenvalue weighted by Gasteiger charge is -2.27. The third-order valence-electron chi connectivity index (χ3n) is 5.56. The van der Waals surface area contributed by atoms with Crippen molar-refractivity contribution in [2.45, 2.75) is 25.8 Å². The highest BCUT2D eigenvalue weighted by Gasteiger charge is 2.31. The Morgan fingerprint density at radius 2 is 1.89 bits per heavy atom. The Balaban J connectivity index is 1.65. The van der Waals surface area contributed by atoms with Crippen molar-refractivity contribution >= 4 is 40.1 Å². The highest BCUT2D eigenvalue weighted by Crippen LogP contribution is 2.35. The smallest absolute Gasteiger partial charge is 0.323 e. The van der Waals surface area contributed by atoms with E-state index in [2.05, 4.69) is 0 Å². The molecule has 0 fully saturated rings. The van der Waals surface area contributed by atoms with Crippen LogP contribution in [0.1, 0.15) is 17.7 Å². The lowest BCUT2D eigenvalue weighted by atomic mass is 9.85. The van der Waals surface area contributed by atoms with E-state index in [1.165, 1.54) is 0 Å². The molecule has 4 rings (SSSR count). The van der Waals surface area contributed by atoms with Gasteiger partial charge in [0, 0.05) is 40.3 Å². The van der Waals surface area contributed by atoms with Crippen LogP contribution in [0, 0.1) is 5.92 Å². The number of fused-ring (bicyclic) bond motifs is 3. The highest BCUT2D eigenvalue weighted by molar-refractivity contribution is 6.30. The quantitative estimate of drug-likeness (QED) is 0.720. The van der Waals surface area contributed by atoms with Crippen molar-refractivity contribution in [3.05, 3.63) is 64.8 Å². The standard InChI is InChI=1S/C22H21ClN2O3/c1-24(16-9-7-15(23)8-10-16)22(28)14-6-11-20-18(12-14)17-4-2-3-5-19(17)25(20)13-21(26)27/h2-5,7-10,14H,6,11-13H2,1H3,(H,26,27)/t14-/m1/s1. The summed E-state index contributed by atoms with van der Waals surface area (Å²) >= 11 is 5.95. The maximum atomic E-state index is 13.1. The number of para-hydroxylation sites is 1. The molecule has 0 spiro atoms. The molecule has 1 aliphatic carbocycles. The molecule has 1 aromatic heterocycles. The highest BCUT2D eigenvalue weighted by atomic mass is 35.5. The van der Waals surface area contributed by atoms with Gasteiger partial charge in [0.1, 0.15) is 6.54 Å². The maximum Gasteiger partial charge on any atom is 0.323 e. The Kier molecular flexibility index (Phi) is 4.85. The van der Waals surface area contributed by atoms with Gasteiger partial charge in [0.25, 0.3) is 0 Å². The first-order valence-corrected chi connectivity index (χ1v) is 9.67. The van der Waals surface area contributed by atoms with Gasteiger partial charge in [0.15, 0.2) is 0 Å². The predicted molar refractivity (Wildman–Crippen MR) is 110 cm³/mol. The van der Waals surface area contributed by atoms with Crippen LogP contribution >= 0.6 is 11.6 Å². The zero-order chi connectivity index (χ0) is 19.8. The summed E-state index contributed by atoms with van der Waals surface area (Å²) in [5, 5.41) is 11.0. The molecule has 28 heavy (non-hydrogen) atoms. The first-order valence-electron chi connectivity index (χ1n) is 9.29. The molecule has 6 heteroatoms. The Bertz CT molecular complexity index is 1060. The number of anilines is 1. The predicted octanol–water partition coefficient (Wildman–Crippen LogP) is 4.15. The fourth-order valence-corrected chi connectivity index (χ4v) is 4.32. The van der Waals surface area contributed by atoms with Crippen LogP contribution in [-0.4, -0.2) is 28.6 Å². The number of carbonyl (C=O) groups is 2. The fourth-order valence-electron chi connectivity index (χ4n) is 4.19. The molecule has 0 saturated heterocycles. The van der Waals surface area contributed by atoms with E-state index >= 15 is 0 Å². The summed E-state index contributed by atoms with van der Waals surface area (Å²) in [6, 6.07) is 15.1. The van der Waals surface area contributed by atoms with Crippen molar-refractivity contribution in [3.8, 4) is 0 Å². The number of aliphatic carboxylic acids is 1. The van der Waals surface area contributed by atoms with Crippen LogP contribution in [0.25, 0.3) is 10.9 Å². The topological polar surface area (TPSA) is 62.5 Å². The zero-order valence-electron chi connectivity index (χ0n) is 15.6. The Labute approximate surface area is 168 Å². The Morgan fingerprint density at radius 1 is 1.18 bits per heavy atom. The second kappa shape index (κ2) is 7.32. The van der Waals surface area contributed by atoms with Crippen molar-refractivity contribution in [2.24, 2.45) is 5.92 Å². The minimum Gasteiger partial charge on any atom is -0.480 e. The first kappa shape index (κ1) is 18.6. The van der Waals surface area contributed by atoms with Crippen LogP contribution in [-0.2, 0) is 29.0 Å². The van der Waals surface area contributed by atoms with Gasteiger partial charge in [-0.1, -0.05) is 29.8 Å². The number of carbonyl (C=O) groups excluding carboxylic acids is 1. The molecule has 0 aliphatic heterocycles. The summed E-state index contributed by atoms with van der Waals surface area (Å²) < 4.78 is 1.89. The Hall–Kier alpha value is -2.79. The third kappa shape index (κ3) is 3.27. The van der Waals surface area contributed by atoms with Gasteiger partial charge in [-0.2, -0.15) is 0 Å². The zero-order valence-corrected chi connectivity index (χ0v) is 16.3. The van der Waals surface area contributed by atoms with Crippen molar-refractivity contribution in [1.29, 1.82) is 0 Å². The maximum absolute atomic E-state index is 13.1. The minimum atomic E-state index is -0.857. The first-order chi connectivity index (χ1) is 13.5. The molecule has 1 amide bonds. The number of carboxylic acid groups (broad SMARTS) is 1. The van der Waals surface area contributed by atoms with E-state index in [4.69, 9.17) is 11.6 Å². The van der Waals surface area contributed by atoms with Crippen molar-refractivity contribution in [3.63, 3.8) is 0 Å². The van der Waals surface area contributed by atoms with Gasteiger partial charge >= 0.3 is 5.97 Å². The number of hydrogen-bond acceptors (Lipinski definition) is 2. The lowest BCUT2D eigenvalue weighted by molar-refractivity contribution is -0.137.